The second kappa shape index (κ2) is 7.85. The van der Waals surface area contributed by atoms with Gasteiger partial charge in [0.1, 0.15) is 5.75 Å². The van der Waals surface area contributed by atoms with Gasteiger partial charge in [-0.1, -0.05) is 24.3 Å². The van der Waals surface area contributed by atoms with Crippen LogP contribution in [0.5, 0.6) is 5.75 Å². The van der Waals surface area contributed by atoms with Crippen molar-refractivity contribution in [1.29, 1.82) is 0 Å². The molecule has 0 unspecified atom stereocenters. The van der Waals surface area contributed by atoms with Gasteiger partial charge in [-0.3, -0.25) is 4.79 Å². The van der Waals surface area contributed by atoms with E-state index in [4.69, 9.17) is 14.2 Å². The summed E-state index contributed by atoms with van der Waals surface area (Å²) < 4.78 is 16.1. The summed E-state index contributed by atoms with van der Waals surface area (Å²) in [6.07, 6.45) is 1.26. The smallest absolute Gasteiger partial charge is 0.227 e. The molecule has 25 heavy (non-hydrogen) atoms. The molecule has 1 heterocycles. The number of ether oxygens (including phenoxy) is 3. The van der Waals surface area contributed by atoms with E-state index < -0.39 is 0 Å². The van der Waals surface area contributed by atoms with Gasteiger partial charge in [-0.2, -0.15) is 0 Å². The topological polar surface area (TPSA) is 48.0 Å². The molecule has 2 atom stereocenters. The number of rotatable bonds is 6. The van der Waals surface area contributed by atoms with E-state index >= 15 is 0 Å². The second-order valence-electron chi connectivity index (χ2n) is 6.43. The summed E-state index contributed by atoms with van der Waals surface area (Å²) in [5.74, 6) is 0.905. The number of methoxy groups -OCH3 is 3. The summed E-state index contributed by atoms with van der Waals surface area (Å²) in [6, 6.07) is 12.1. The maximum absolute atomic E-state index is 12.9. The van der Waals surface area contributed by atoms with E-state index in [0.29, 0.717) is 19.6 Å². The van der Waals surface area contributed by atoms with Gasteiger partial charge in [0.05, 0.1) is 32.3 Å². The van der Waals surface area contributed by atoms with Gasteiger partial charge in [0, 0.05) is 20.8 Å². The summed E-state index contributed by atoms with van der Waals surface area (Å²) in [7, 11) is 5.01. The zero-order chi connectivity index (χ0) is 17.8. The minimum atomic E-state index is 0.0759. The highest BCUT2D eigenvalue weighted by Crippen LogP contribution is 2.26. The SMILES string of the molecule is COC[C@@H]1C[C@@H](OC)CN1C(=O)Cc1cccc2ccc(OC)cc12. The lowest BCUT2D eigenvalue weighted by Gasteiger charge is -2.24. The predicted octanol–water partition coefficient (Wildman–Crippen LogP) is 2.65. The number of nitrogens with zero attached hydrogens (tertiary/aromatic N) is 1. The molecule has 0 saturated carbocycles. The second-order valence-corrected chi connectivity index (χ2v) is 6.43. The monoisotopic (exact) mass is 343 g/mol. The number of hydrogen-bond acceptors (Lipinski definition) is 4. The number of likely N-dealkylation sites (tertiary alicyclic amines) is 1. The average molecular weight is 343 g/mol. The molecular weight excluding hydrogens is 318 g/mol. The van der Waals surface area contributed by atoms with Crippen LogP contribution in [-0.4, -0.2) is 57.4 Å². The van der Waals surface area contributed by atoms with Gasteiger partial charge in [-0.05, 0) is 34.9 Å². The summed E-state index contributed by atoms with van der Waals surface area (Å²) >= 11 is 0. The maximum atomic E-state index is 12.9. The molecule has 3 rings (SSSR count). The van der Waals surface area contributed by atoms with E-state index in [2.05, 4.69) is 0 Å². The first kappa shape index (κ1) is 17.7. The Morgan fingerprint density at radius 1 is 1.20 bits per heavy atom. The third-order valence-corrected chi connectivity index (χ3v) is 4.91. The Bertz CT molecular complexity index is 746. The van der Waals surface area contributed by atoms with Crippen molar-refractivity contribution < 1.29 is 19.0 Å². The number of amides is 1. The molecule has 0 radical (unpaired) electrons. The van der Waals surface area contributed by atoms with E-state index in [1.165, 1.54) is 0 Å². The lowest BCUT2D eigenvalue weighted by Crippen LogP contribution is -2.39. The molecule has 0 aromatic heterocycles. The number of carbonyl (C=O) groups excluding carboxylic acids is 1. The molecule has 5 nitrogen and oxygen atoms in total. The number of hydrogen-bond donors (Lipinski definition) is 0. The molecule has 0 N–H and O–H groups in total. The lowest BCUT2D eigenvalue weighted by atomic mass is 10.0. The van der Waals surface area contributed by atoms with Crippen molar-refractivity contribution in [2.45, 2.75) is 25.0 Å². The Hall–Kier alpha value is -2.11. The van der Waals surface area contributed by atoms with Crippen molar-refractivity contribution >= 4 is 16.7 Å². The fraction of sp³-hybridized carbons (Fsp3) is 0.450. The average Bonchev–Trinajstić information content (AvgIpc) is 3.05. The van der Waals surface area contributed by atoms with Crippen LogP contribution in [-0.2, 0) is 20.7 Å². The van der Waals surface area contributed by atoms with Gasteiger partial charge in [0.15, 0.2) is 0 Å². The molecule has 1 saturated heterocycles. The van der Waals surface area contributed by atoms with Crippen LogP contribution in [0.1, 0.15) is 12.0 Å². The van der Waals surface area contributed by atoms with Crippen LogP contribution >= 0.6 is 0 Å². The van der Waals surface area contributed by atoms with Crippen LogP contribution in [0.25, 0.3) is 10.8 Å². The Labute approximate surface area is 148 Å². The van der Waals surface area contributed by atoms with E-state index in [1.54, 1.807) is 21.3 Å². The minimum absolute atomic E-state index is 0.0759. The highest BCUT2D eigenvalue weighted by atomic mass is 16.5. The van der Waals surface area contributed by atoms with Gasteiger partial charge in [-0.25, -0.2) is 0 Å². The van der Waals surface area contributed by atoms with Crippen molar-refractivity contribution in [3.8, 4) is 5.75 Å². The third-order valence-electron chi connectivity index (χ3n) is 4.91. The zero-order valence-electron chi connectivity index (χ0n) is 15.0. The molecule has 1 fully saturated rings. The predicted molar refractivity (Wildman–Crippen MR) is 97.0 cm³/mol. The van der Waals surface area contributed by atoms with Gasteiger partial charge < -0.3 is 19.1 Å². The molecule has 5 heteroatoms. The molecule has 1 aliphatic heterocycles. The first-order valence-corrected chi connectivity index (χ1v) is 8.53. The standard InChI is InChI=1S/C20H25NO4/c1-23-13-16-10-18(25-3)12-21(16)20(22)9-15-6-4-5-14-7-8-17(24-2)11-19(14)15/h4-8,11,16,18H,9-10,12-13H2,1-3H3/t16-,18+/m0/s1. The van der Waals surface area contributed by atoms with Gasteiger partial charge in [0.25, 0.3) is 0 Å². The zero-order valence-corrected chi connectivity index (χ0v) is 15.0. The van der Waals surface area contributed by atoms with Gasteiger partial charge in [0.2, 0.25) is 5.91 Å². The molecule has 0 bridgehead atoms. The first-order chi connectivity index (χ1) is 12.2. The molecular formula is C20H25NO4. The first-order valence-electron chi connectivity index (χ1n) is 8.53. The molecule has 1 amide bonds. The molecule has 0 spiro atoms. The molecule has 0 aliphatic carbocycles. The minimum Gasteiger partial charge on any atom is -0.497 e. The Balaban J connectivity index is 1.83. The van der Waals surface area contributed by atoms with Crippen molar-refractivity contribution in [2.75, 3.05) is 34.5 Å². The van der Waals surface area contributed by atoms with E-state index in [-0.39, 0.29) is 18.1 Å². The van der Waals surface area contributed by atoms with Crippen molar-refractivity contribution in [3.05, 3.63) is 42.0 Å². The fourth-order valence-electron chi connectivity index (χ4n) is 3.56. The van der Waals surface area contributed by atoms with Crippen molar-refractivity contribution in [2.24, 2.45) is 0 Å². The largest absolute Gasteiger partial charge is 0.497 e. The maximum Gasteiger partial charge on any atom is 0.227 e. The lowest BCUT2D eigenvalue weighted by molar-refractivity contribution is -0.132. The third kappa shape index (κ3) is 3.78. The molecule has 2 aromatic rings. The Morgan fingerprint density at radius 2 is 2.04 bits per heavy atom. The van der Waals surface area contributed by atoms with Crippen molar-refractivity contribution in [3.63, 3.8) is 0 Å². The van der Waals surface area contributed by atoms with Crippen LogP contribution in [0.3, 0.4) is 0 Å². The van der Waals surface area contributed by atoms with E-state index in [1.807, 2.05) is 41.3 Å². The normalized spacial score (nSPS) is 20.2. The number of benzene rings is 2. The van der Waals surface area contributed by atoms with Crippen LogP contribution in [0.4, 0.5) is 0 Å². The number of carbonyl (C=O) groups is 1. The molecule has 2 aromatic carbocycles. The summed E-state index contributed by atoms with van der Waals surface area (Å²) in [6.45, 7) is 1.16. The summed E-state index contributed by atoms with van der Waals surface area (Å²) in [4.78, 5) is 14.8. The van der Waals surface area contributed by atoms with Crippen LogP contribution in [0.15, 0.2) is 36.4 Å². The highest BCUT2D eigenvalue weighted by Gasteiger charge is 2.35. The Morgan fingerprint density at radius 3 is 2.76 bits per heavy atom. The van der Waals surface area contributed by atoms with Crippen LogP contribution in [0.2, 0.25) is 0 Å². The summed E-state index contributed by atoms with van der Waals surface area (Å²) in [5.41, 5.74) is 1.01. The van der Waals surface area contributed by atoms with Crippen LogP contribution < -0.4 is 4.74 Å². The van der Waals surface area contributed by atoms with Crippen molar-refractivity contribution in [1.82, 2.24) is 4.90 Å². The highest BCUT2D eigenvalue weighted by molar-refractivity contribution is 5.91. The fourth-order valence-corrected chi connectivity index (χ4v) is 3.56. The van der Waals surface area contributed by atoms with E-state index in [9.17, 15) is 4.79 Å². The summed E-state index contributed by atoms with van der Waals surface area (Å²) in [5, 5.41) is 2.16. The molecule has 1 aliphatic rings. The molecule has 134 valence electrons. The number of fused-ring (bicyclic) bond motifs is 1. The Kier molecular flexibility index (Phi) is 5.56. The van der Waals surface area contributed by atoms with Gasteiger partial charge >= 0.3 is 0 Å². The van der Waals surface area contributed by atoms with Gasteiger partial charge in [-0.15, -0.1) is 0 Å². The van der Waals surface area contributed by atoms with Crippen LogP contribution in [0, 0.1) is 0 Å². The quantitative estimate of drug-likeness (QED) is 0.809. The van der Waals surface area contributed by atoms with E-state index in [0.717, 1.165) is 28.5 Å².